The molecular formula is C22H24N6O2. The molecule has 1 aromatic carbocycles. The number of rotatable bonds is 2. The Morgan fingerprint density at radius 1 is 1.20 bits per heavy atom. The maximum Gasteiger partial charge on any atom is 0.261 e. The van der Waals surface area contributed by atoms with Gasteiger partial charge in [0.25, 0.3) is 5.56 Å². The van der Waals surface area contributed by atoms with Crippen LogP contribution in [-0.2, 0) is 7.05 Å². The van der Waals surface area contributed by atoms with E-state index in [9.17, 15) is 9.90 Å². The van der Waals surface area contributed by atoms with E-state index >= 15 is 0 Å². The predicted octanol–water partition coefficient (Wildman–Crippen LogP) is 2.63. The lowest BCUT2D eigenvalue weighted by Gasteiger charge is -2.30. The molecule has 0 radical (unpaired) electrons. The van der Waals surface area contributed by atoms with E-state index in [-0.39, 0.29) is 17.4 Å². The topological polar surface area (TPSA) is 89.1 Å². The molecule has 4 heterocycles. The summed E-state index contributed by atoms with van der Waals surface area (Å²) in [5.74, 6) is 0.505. The van der Waals surface area contributed by atoms with Crippen LogP contribution < -0.4 is 5.56 Å². The molecule has 0 atom stereocenters. The number of piperidine rings is 1. The second-order valence-corrected chi connectivity index (χ2v) is 8.19. The summed E-state index contributed by atoms with van der Waals surface area (Å²) in [5, 5.41) is 16.5. The van der Waals surface area contributed by atoms with E-state index in [0.29, 0.717) is 27.9 Å². The summed E-state index contributed by atoms with van der Waals surface area (Å²) in [4.78, 5) is 24.4. The van der Waals surface area contributed by atoms with E-state index in [1.54, 1.807) is 10.9 Å². The largest absolute Gasteiger partial charge is 0.507 e. The van der Waals surface area contributed by atoms with E-state index in [4.69, 9.17) is 0 Å². The lowest BCUT2D eigenvalue weighted by molar-refractivity contribution is 0.219. The molecule has 4 aromatic rings. The zero-order valence-electron chi connectivity index (χ0n) is 17.3. The molecule has 154 valence electrons. The summed E-state index contributed by atoms with van der Waals surface area (Å²) in [6.45, 7) is 3.80. The van der Waals surface area contributed by atoms with Crippen molar-refractivity contribution in [2.75, 3.05) is 20.1 Å². The van der Waals surface area contributed by atoms with Gasteiger partial charge in [-0.15, -0.1) is 0 Å². The smallest absolute Gasteiger partial charge is 0.261 e. The number of nitrogens with zero attached hydrogens (tertiary/aromatic N) is 6. The van der Waals surface area contributed by atoms with Gasteiger partial charge in [-0.2, -0.15) is 5.10 Å². The zero-order valence-corrected chi connectivity index (χ0v) is 17.3. The van der Waals surface area contributed by atoms with Gasteiger partial charge in [0.15, 0.2) is 5.82 Å². The minimum Gasteiger partial charge on any atom is -0.507 e. The van der Waals surface area contributed by atoms with Crippen LogP contribution in [0.3, 0.4) is 0 Å². The van der Waals surface area contributed by atoms with Crippen molar-refractivity contribution in [2.24, 2.45) is 7.05 Å². The SMILES string of the molecule is Cc1c(O)c(-c2ncc3c(=O)n(C4CCN(C)CC4)ccc3n2)cc2cn(C)nc12. The number of aromatic hydroxyl groups is 1. The van der Waals surface area contributed by atoms with E-state index in [1.165, 1.54) is 0 Å². The fraction of sp³-hybridized carbons (Fsp3) is 0.364. The monoisotopic (exact) mass is 404 g/mol. The van der Waals surface area contributed by atoms with Crippen molar-refractivity contribution >= 4 is 21.8 Å². The van der Waals surface area contributed by atoms with Crippen molar-refractivity contribution in [1.29, 1.82) is 0 Å². The Kier molecular flexibility index (Phi) is 4.32. The van der Waals surface area contributed by atoms with Crippen LogP contribution in [0.5, 0.6) is 5.75 Å². The molecule has 1 saturated heterocycles. The van der Waals surface area contributed by atoms with Crippen LogP contribution in [-0.4, -0.2) is 54.5 Å². The Balaban J connectivity index is 1.59. The molecule has 8 heteroatoms. The van der Waals surface area contributed by atoms with E-state index < -0.39 is 0 Å². The average Bonchev–Trinajstić information content (AvgIpc) is 3.12. The van der Waals surface area contributed by atoms with Crippen LogP contribution in [0.1, 0.15) is 24.4 Å². The number of fused-ring (bicyclic) bond motifs is 2. The third-order valence-corrected chi connectivity index (χ3v) is 6.12. The first kappa shape index (κ1) is 18.7. The molecule has 30 heavy (non-hydrogen) atoms. The number of aryl methyl sites for hydroxylation is 2. The van der Waals surface area contributed by atoms with Crippen LogP contribution in [0, 0.1) is 6.92 Å². The van der Waals surface area contributed by atoms with Crippen molar-refractivity contribution in [3.05, 3.63) is 46.6 Å². The Bertz CT molecular complexity index is 1330. The van der Waals surface area contributed by atoms with E-state index in [2.05, 4.69) is 27.0 Å². The standard InChI is InChI=1S/C22H24N6O2/c1-13-19-14(12-27(3)25-19)10-16(20(13)29)21-23-11-17-18(24-21)6-9-28(22(17)30)15-4-7-26(2)8-5-15/h6,9-12,15,29H,4-5,7-8H2,1-3H3. The van der Waals surface area contributed by atoms with Gasteiger partial charge in [-0.05, 0) is 52.0 Å². The van der Waals surface area contributed by atoms with Crippen molar-refractivity contribution in [3.63, 3.8) is 0 Å². The molecule has 0 spiro atoms. The number of benzene rings is 1. The molecule has 1 fully saturated rings. The maximum atomic E-state index is 13.1. The molecule has 0 amide bonds. The Labute approximate surface area is 173 Å². The Morgan fingerprint density at radius 3 is 2.73 bits per heavy atom. The summed E-state index contributed by atoms with van der Waals surface area (Å²) in [7, 11) is 3.95. The van der Waals surface area contributed by atoms with Crippen LogP contribution in [0.2, 0.25) is 0 Å². The first-order valence-electron chi connectivity index (χ1n) is 10.1. The van der Waals surface area contributed by atoms with Crippen LogP contribution in [0.15, 0.2) is 35.5 Å². The first-order valence-corrected chi connectivity index (χ1v) is 10.1. The summed E-state index contributed by atoms with van der Waals surface area (Å²) >= 11 is 0. The molecule has 0 unspecified atom stereocenters. The highest BCUT2D eigenvalue weighted by Crippen LogP contribution is 2.35. The quantitative estimate of drug-likeness (QED) is 0.552. The van der Waals surface area contributed by atoms with E-state index in [0.717, 1.165) is 36.8 Å². The van der Waals surface area contributed by atoms with Gasteiger partial charge < -0.3 is 14.6 Å². The molecule has 1 aliphatic heterocycles. The highest BCUT2D eigenvalue weighted by atomic mass is 16.3. The average molecular weight is 404 g/mol. The molecule has 1 N–H and O–H groups in total. The molecule has 8 nitrogen and oxygen atoms in total. The van der Waals surface area contributed by atoms with Gasteiger partial charge in [0.1, 0.15) is 5.75 Å². The number of phenols is 1. The molecule has 0 aliphatic carbocycles. The van der Waals surface area contributed by atoms with E-state index in [1.807, 2.05) is 43.1 Å². The molecule has 3 aromatic heterocycles. The van der Waals surface area contributed by atoms with Gasteiger partial charge in [0, 0.05) is 42.6 Å². The first-order chi connectivity index (χ1) is 14.4. The van der Waals surface area contributed by atoms with Crippen molar-refractivity contribution in [3.8, 4) is 17.1 Å². The normalized spacial score (nSPS) is 16.0. The summed E-state index contributed by atoms with van der Waals surface area (Å²) in [6.07, 6.45) is 7.23. The number of likely N-dealkylation sites (tertiary alicyclic amines) is 1. The van der Waals surface area contributed by atoms with Crippen molar-refractivity contribution in [2.45, 2.75) is 25.8 Å². The van der Waals surface area contributed by atoms with Gasteiger partial charge in [0.05, 0.1) is 22.0 Å². The van der Waals surface area contributed by atoms with Crippen LogP contribution >= 0.6 is 0 Å². The Morgan fingerprint density at radius 2 is 1.97 bits per heavy atom. The highest BCUT2D eigenvalue weighted by molar-refractivity contribution is 5.90. The molecule has 5 rings (SSSR count). The lowest BCUT2D eigenvalue weighted by Crippen LogP contribution is -2.35. The summed E-state index contributed by atoms with van der Waals surface area (Å²) < 4.78 is 3.54. The minimum absolute atomic E-state index is 0.0586. The molecule has 1 aliphatic rings. The maximum absolute atomic E-state index is 13.1. The van der Waals surface area contributed by atoms with Crippen LogP contribution in [0.4, 0.5) is 0 Å². The van der Waals surface area contributed by atoms with Gasteiger partial charge in [-0.25, -0.2) is 9.97 Å². The number of hydrogen-bond acceptors (Lipinski definition) is 6. The van der Waals surface area contributed by atoms with Gasteiger partial charge >= 0.3 is 0 Å². The van der Waals surface area contributed by atoms with Crippen molar-refractivity contribution < 1.29 is 5.11 Å². The fourth-order valence-corrected chi connectivity index (χ4v) is 4.35. The third-order valence-electron chi connectivity index (χ3n) is 6.12. The fourth-order valence-electron chi connectivity index (χ4n) is 4.35. The molecular weight excluding hydrogens is 380 g/mol. The second kappa shape index (κ2) is 6.91. The molecule has 0 bridgehead atoms. The second-order valence-electron chi connectivity index (χ2n) is 8.19. The minimum atomic E-state index is -0.0586. The number of phenolic OH excluding ortho intramolecular Hbond substituents is 1. The molecule has 0 saturated carbocycles. The van der Waals surface area contributed by atoms with Gasteiger partial charge in [-0.3, -0.25) is 9.48 Å². The zero-order chi connectivity index (χ0) is 21.0. The lowest BCUT2D eigenvalue weighted by atomic mass is 10.0. The number of hydrogen-bond donors (Lipinski definition) is 1. The van der Waals surface area contributed by atoms with Gasteiger partial charge in [0.2, 0.25) is 0 Å². The van der Waals surface area contributed by atoms with Crippen molar-refractivity contribution in [1.82, 2.24) is 29.2 Å². The number of pyridine rings is 1. The Hall–Kier alpha value is -3.26. The number of aromatic nitrogens is 5. The predicted molar refractivity (Wildman–Crippen MR) is 116 cm³/mol. The summed E-state index contributed by atoms with van der Waals surface area (Å²) in [6, 6.07) is 3.91. The highest BCUT2D eigenvalue weighted by Gasteiger charge is 2.21. The summed E-state index contributed by atoms with van der Waals surface area (Å²) in [5.41, 5.74) is 2.49. The third kappa shape index (κ3) is 2.95. The van der Waals surface area contributed by atoms with Gasteiger partial charge in [-0.1, -0.05) is 0 Å². The van der Waals surface area contributed by atoms with Crippen LogP contribution in [0.25, 0.3) is 33.2 Å².